The van der Waals surface area contributed by atoms with Crippen molar-refractivity contribution in [3.63, 3.8) is 0 Å². The van der Waals surface area contributed by atoms with Gasteiger partial charge in [-0.15, -0.1) is 0 Å². The van der Waals surface area contributed by atoms with Gasteiger partial charge in [-0.3, -0.25) is 0 Å². The Bertz CT molecular complexity index is 223. The van der Waals surface area contributed by atoms with Crippen molar-refractivity contribution in [2.24, 2.45) is 0 Å². The number of hydrogen-bond donors (Lipinski definition) is 2. The fourth-order valence-electron chi connectivity index (χ4n) is 0.989. The molecule has 2 N–H and O–H groups in total. The Hall–Kier alpha value is -1.07. The first-order valence-corrected chi connectivity index (χ1v) is 4.03. The summed E-state index contributed by atoms with van der Waals surface area (Å²) in [5, 5.41) is 17.7. The van der Waals surface area contributed by atoms with E-state index in [9.17, 15) is 4.79 Å². The molecule has 0 aliphatic carbocycles. The molecule has 5 nitrogen and oxygen atoms in total. The predicted molar refractivity (Wildman–Crippen MR) is 42.7 cm³/mol. The molecule has 0 spiro atoms. The highest BCUT2D eigenvalue weighted by Gasteiger charge is 2.31. The first kappa shape index (κ1) is 10.0. The summed E-state index contributed by atoms with van der Waals surface area (Å²) in [6.45, 7) is 1.65. The van der Waals surface area contributed by atoms with E-state index in [0.717, 1.165) is 0 Å². The Kier molecular flexibility index (Phi) is 3.27. The number of carbonyl (C=O) groups excluding carboxylic acids is 1. The number of carbonyl (C=O) groups is 1. The van der Waals surface area contributed by atoms with Crippen LogP contribution in [-0.2, 0) is 14.3 Å². The van der Waals surface area contributed by atoms with E-state index in [1.807, 2.05) is 0 Å². The Labute approximate surface area is 75.6 Å². The van der Waals surface area contributed by atoms with Crippen molar-refractivity contribution in [1.82, 2.24) is 0 Å². The monoisotopic (exact) mass is 188 g/mol. The minimum Gasteiger partial charge on any atom is -0.487 e. The molecule has 0 aromatic rings. The lowest BCUT2D eigenvalue weighted by Gasteiger charge is -2.11. The Morgan fingerprint density at radius 2 is 2.46 bits per heavy atom. The molecular formula is C8H12O5. The molecule has 0 aromatic heterocycles. The molecule has 0 saturated carbocycles. The normalized spacial score (nSPS) is 23.8. The van der Waals surface area contributed by atoms with Crippen LogP contribution in [0, 0.1) is 0 Å². The zero-order valence-corrected chi connectivity index (χ0v) is 7.27. The Balaban J connectivity index is 2.60. The summed E-state index contributed by atoms with van der Waals surface area (Å²) >= 11 is 0. The molecule has 0 aromatic carbocycles. The van der Waals surface area contributed by atoms with E-state index in [1.54, 1.807) is 6.92 Å². The van der Waals surface area contributed by atoms with Crippen LogP contribution in [0.15, 0.2) is 11.8 Å². The summed E-state index contributed by atoms with van der Waals surface area (Å²) in [6, 6.07) is 0. The van der Waals surface area contributed by atoms with Crippen molar-refractivity contribution in [1.29, 1.82) is 0 Å². The van der Waals surface area contributed by atoms with Crippen LogP contribution in [0.1, 0.15) is 6.92 Å². The van der Waals surface area contributed by atoms with Crippen molar-refractivity contribution in [3.05, 3.63) is 11.8 Å². The van der Waals surface area contributed by atoms with Crippen molar-refractivity contribution < 1.29 is 24.5 Å². The standard InChI is InChI=1S/C8H12O5/c1-2-12-7-3-6(5(10)4-9)13-8(7)11/h3,5-6,9-10H,2,4H2,1H3. The van der Waals surface area contributed by atoms with E-state index in [4.69, 9.17) is 19.7 Å². The molecule has 0 bridgehead atoms. The van der Waals surface area contributed by atoms with Gasteiger partial charge in [0.2, 0.25) is 5.76 Å². The van der Waals surface area contributed by atoms with Crippen LogP contribution in [0.5, 0.6) is 0 Å². The van der Waals surface area contributed by atoms with Gasteiger partial charge in [-0.1, -0.05) is 0 Å². The lowest BCUT2D eigenvalue weighted by Crippen LogP contribution is -2.28. The molecule has 74 valence electrons. The molecule has 1 rings (SSSR count). The molecule has 13 heavy (non-hydrogen) atoms. The van der Waals surface area contributed by atoms with Crippen LogP contribution in [0.2, 0.25) is 0 Å². The van der Waals surface area contributed by atoms with E-state index in [0.29, 0.717) is 6.61 Å². The van der Waals surface area contributed by atoms with Crippen LogP contribution >= 0.6 is 0 Å². The second kappa shape index (κ2) is 4.25. The number of aliphatic hydroxyl groups excluding tert-OH is 2. The number of cyclic esters (lactones) is 1. The van der Waals surface area contributed by atoms with Crippen molar-refractivity contribution in [2.45, 2.75) is 19.1 Å². The molecule has 5 heteroatoms. The highest BCUT2D eigenvalue weighted by atomic mass is 16.6. The van der Waals surface area contributed by atoms with E-state index >= 15 is 0 Å². The maximum atomic E-state index is 11.0. The summed E-state index contributed by atoms with van der Waals surface area (Å²) in [6.07, 6.45) is -0.506. The number of rotatable bonds is 4. The molecule has 2 unspecified atom stereocenters. The highest BCUT2D eigenvalue weighted by molar-refractivity contribution is 5.88. The van der Waals surface area contributed by atoms with Gasteiger partial charge < -0.3 is 19.7 Å². The van der Waals surface area contributed by atoms with Gasteiger partial charge in [-0.05, 0) is 6.92 Å². The largest absolute Gasteiger partial charge is 0.487 e. The quantitative estimate of drug-likeness (QED) is 0.564. The molecule has 1 heterocycles. The topological polar surface area (TPSA) is 76.0 Å². The fraction of sp³-hybridized carbons (Fsp3) is 0.625. The lowest BCUT2D eigenvalue weighted by molar-refractivity contribution is -0.147. The molecule has 2 atom stereocenters. The Morgan fingerprint density at radius 3 is 3.00 bits per heavy atom. The van der Waals surface area contributed by atoms with Crippen LogP contribution in [0.25, 0.3) is 0 Å². The van der Waals surface area contributed by atoms with Crippen LogP contribution in [-0.4, -0.2) is 41.6 Å². The summed E-state index contributed by atoms with van der Waals surface area (Å²) in [5.41, 5.74) is 0. The maximum Gasteiger partial charge on any atom is 0.374 e. The third-order valence-corrected chi connectivity index (χ3v) is 1.63. The van der Waals surface area contributed by atoms with Gasteiger partial charge in [0.1, 0.15) is 6.10 Å². The number of aliphatic hydroxyl groups is 2. The van der Waals surface area contributed by atoms with E-state index in [-0.39, 0.29) is 5.76 Å². The van der Waals surface area contributed by atoms with Gasteiger partial charge >= 0.3 is 5.97 Å². The molecular weight excluding hydrogens is 176 g/mol. The smallest absolute Gasteiger partial charge is 0.374 e. The summed E-state index contributed by atoms with van der Waals surface area (Å²) < 4.78 is 9.65. The fourth-order valence-corrected chi connectivity index (χ4v) is 0.989. The average molecular weight is 188 g/mol. The van der Waals surface area contributed by atoms with E-state index < -0.39 is 24.8 Å². The minimum atomic E-state index is -1.08. The zero-order chi connectivity index (χ0) is 9.84. The molecule has 1 aliphatic rings. The maximum absolute atomic E-state index is 11.0. The van der Waals surface area contributed by atoms with Gasteiger partial charge in [0.25, 0.3) is 0 Å². The zero-order valence-electron chi connectivity index (χ0n) is 7.27. The molecule has 0 radical (unpaired) electrons. The first-order valence-electron chi connectivity index (χ1n) is 4.03. The second-order valence-electron chi connectivity index (χ2n) is 2.58. The van der Waals surface area contributed by atoms with E-state index in [1.165, 1.54) is 6.08 Å². The van der Waals surface area contributed by atoms with Crippen molar-refractivity contribution in [2.75, 3.05) is 13.2 Å². The van der Waals surface area contributed by atoms with Crippen LogP contribution in [0.3, 0.4) is 0 Å². The number of esters is 1. The average Bonchev–Trinajstić information content (AvgIpc) is 2.47. The molecule has 0 amide bonds. The van der Waals surface area contributed by atoms with Gasteiger partial charge in [0, 0.05) is 6.08 Å². The molecule has 0 fully saturated rings. The first-order chi connectivity index (χ1) is 6.19. The summed E-state index contributed by atoms with van der Waals surface area (Å²) in [5.74, 6) is -0.501. The highest BCUT2D eigenvalue weighted by Crippen LogP contribution is 2.17. The lowest BCUT2D eigenvalue weighted by atomic mass is 10.2. The second-order valence-corrected chi connectivity index (χ2v) is 2.58. The predicted octanol–water partition coefficient (Wildman–Crippen LogP) is -0.815. The SMILES string of the molecule is CCOC1=CC(C(O)CO)OC1=O. The van der Waals surface area contributed by atoms with Crippen LogP contribution in [0.4, 0.5) is 0 Å². The van der Waals surface area contributed by atoms with Crippen LogP contribution < -0.4 is 0 Å². The molecule has 1 aliphatic heterocycles. The minimum absolute atomic E-state index is 0.0972. The van der Waals surface area contributed by atoms with Crippen molar-refractivity contribution >= 4 is 5.97 Å². The number of hydrogen-bond acceptors (Lipinski definition) is 5. The van der Waals surface area contributed by atoms with Gasteiger partial charge in [0.15, 0.2) is 6.10 Å². The van der Waals surface area contributed by atoms with E-state index in [2.05, 4.69) is 0 Å². The summed E-state index contributed by atoms with van der Waals surface area (Å²) in [4.78, 5) is 11.0. The third kappa shape index (κ3) is 2.19. The number of ether oxygens (including phenoxy) is 2. The van der Waals surface area contributed by atoms with Gasteiger partial charge in [-0.25, -0.2) is 4.79 Å². The third-order valence-electron chi connectivity index (χ3n) is 1.63. The summed E-state index contributed by atoms with van der Waals surface area (Å²) in [7, 11) is 0. The Morgan fingerprint density at radius 1 is 1.77 bits per heavy atom. The molecule has 0 saturated heterocycles. The van der Waals surface area contributed by atoms with Gasteiger partial charge in [0.05, 0.1) is 13.2 Å². The van der Waals surface area contributed by atoms with Crippen molar-refractivity contribution in [3.8, 4) is 0 Å². The van der Waals surface area contributed by atoms with Gasteiger partial charge in [-0.2, -0.15) is 0 Å².